The number of carbonyl (C=O) groups is 2. The van der Waals surface area contributed by atoms with Crippen LogP contribution in [0.25, 0.3) is 0 Å². The van der Waals surface area contributed by atoms with Crippen molar-refractivity contribution in [3.8, 4) is 6.07 Å². The van der Waals surface area contributed by atoms with Gasteiger partial charge in [0, 0.05) is 5.69 Å². The van der Waals surface area contributed by atoms with E-state index in [0.717, 1.165) is 0 Å². The summed E-state index contributed by atoms with van der Waals surface area (Å²) >= 11 is 5.79. The van der Waals surface area contributed by atoms with Gasteiger partial charge in [0.25, 0.3) is 0 Å². The van der Waals surface area contributed by atoms with Crippen LogP contribution in [0.2, 0.25) is 5.02 Å². The zero-order chi connectivity index (χ0) is 12.8. The van der Waals surface area contributed by atoms with Crippen LogP contribution in [0.3, 0.4) is 0 Å². The molecule has 88 valence electrons. The Kier molecular flexibility index (Phi) is 4.31. The molecule has 0 saturated heterocycles. The monoisotopic (exact) mass is 252 g/mol. The van der Waals surface area contributed by atoms with Gasteiger partial charge in [0.05, 0.1) is 17.1 Å². The first kappa shape index (κ1) is 12.8. The Morgan fingerprint density at radius 1 is 1.47 bits per heavy atom. The van der Waals surface area contributed by atoms with E-state index in [1.54, 1.807) is 6.07 Å². The van der Waals surface area contributed by atoms with Gasteiger partial charge in [-0.2, -0.15) is 5.26 Å². The zero-order valence-corrected chi connectivity index (χ0v) is 9.41. The van der Waals surface area contributed by atoms with E-state index in [0.29, 0.717) is 11.3 Å². The summed E-state index contributed by atoms with van der Waals surface area (Å²) in [5.41, 5.74) is 5.68. The van der Waals surface area contributed by atoms with Crippen molar-refractivity contribution in [2.24, 2.45) is 5.73 Å². The first-order valence-corrected chi connectivity index (χ1v) is 4.93. The SMILES string of the molecule is N#Cc1ccc(NCC(=O)NC(N)=O)cc1Cl. The molecule has 1 rings (SSSR count). The van der Waals surface area contributed by atoms with Crippen LogP contribution in [0.5, 0.6) is 0 Å². The summed E-state index contributed by atoms with van der Waals surface area (Å²) < 4.78 is 0. The van der Waals surface area contributed by atoms with Gasteiger partial charge in [0.2, 0.25) is 5.91 Å². The topological polar surface area (TPSA) is 108 Å². The molecule has 7 heteroatoms. The summed E-state index contributed by atoms with van der Waals surface area (Å²) in [6.45, 7) is -0.120. The number of anilines is 1. The lowest BCUT2D eigenvalue weighted by Gasteiger charge is -2.06. The molecule has 0 atom stereocenters. The molecule has 17 heavy (non-hydrogen) atoms. The predicted octanol–water partition coefficient (Wildman–Crippen LogP) is 0.818. The van der Waals surface area contributed by atoms with E-state index in [-0.39, 0.29) is 11.6 Å². The minimum absolute atomic E-state index is 0.120. The van der Waals surface area contributed by atoms with E-state index in [1.807, 2.05) is 11.4 Å². The van der Waals surface area contributed by atoms with Crippen LogP contribution in [0.4, 0.5) is 10.5 Å². The van der Waals surface area contributed by atoms with Crippen LogP contribution < -0.4 is 16.4 Å². The number of nitrogens with zero attached hydrogens (tertiary/aromatic N) is 1. The van der Waals surface area contributed by atoms with Gasteiger partial charge in [-0.25, -0.2) is 4.79 Å². The normalized spacial score (nSPS) is 9.18. The van der Waals surface area contributed by atoms with Crippen molar-refractivity contribution < 1.29 is 9.59 Å². The molecule has 1 aromatic carbocycles. The molecule has 0 aliphatic heterocycles. The van der Waals surface area contributed by atoms with Gasteiger partial charge in [-0.15, -0.1) is 0 Å². The van der Waals surface area contributed by atoms with Gasteiger partial charge in [-0.3, -0.25) is 10.1 Å². The number of urea groups is 1. The van der Waals surface area contributed by atoms with Crippen molar-refractivity contribution in [2.45, 2.75) is 0 Å². The summed E-state index contributed by atoms with van der Waals surface area (Å²) in [6.07, 6.45) is 0. The number of benzene rings is 1. The standard InChI is InChI=1S/C10H9ClN4O2/c11-8-3-7(2-1-6(8)4-12)14-5-9(16)15-10(13)17/h1-3,14H,5H2,(H3,13,15,16,17). The average Bonchev–Trinajstić information content (AvgIpc) is 2.25. The molecule has 0 bridgehead atoms. The van der Waals surface area contributed by atoms with Crippen molar-refractivity contribution in [3.63, 3.8) is 0 Å². The Morgan fingerprint density at radius 3 is 2.71 bits per heavy atom. The van der Waals surface area contributed by atoms with Gasteiger partial charge >= 0.3 is 6.03 Å². The summed E-state index contributed by atoms with van der Waals surface area (Å²) in [4.78, 5) is 21.4. The van der Waals surface area contributed by atoms with Crippen molar-refractivity contribution in [1.29, 1.82) is 5.26 Å². The Hall–Kier alpha value is -2.26. The number of nitrogens with two attached hydrogens (primary N) is 1. The number of hydrogen-bond acceptors (Lipinski definition) is 4. The van der Waals surface area contributed by atoms with E-state index in [2.05, 4.69) is 5.32 Å². The van der Waals surface area contributed by atoms with Crippen LogP contribution >= 0.6 is 11.6 Å². The average molecular weight is 253 g/mol. The third kappa shape index (κ3) is 4.01. The molecular weight excluding hydrogens is 244 g/mol. The highest BCUT2D eigenvalue weighted by atomic mass is 35.5. The predicted molar refractivity (Wildman–Crippen MR) is 62.4 cm³/mol. The maximum absolute atomic E-state index is 11.1. The molecule has 0 aromatic heterocycles. The fourth-order valence-corrected chi connectivity index (χ4v) is 1.30. The molecule has 3 amide bonds. The maximum Gasteiger partial charge on any atom is 0.318 e. The molecule has 0 spiro atoms. The lowest BCUT2D eigenvalue weighted by Crippen LogP contribution is -2.38. The molecule has 0 heterocycles. The quantitative estimate of drug-likeness (QED) is 0.740. The Labute approximate surface area is 102 Å². The van der Waals surface area contributed by atoms with E-state index in [4.69, 9.17) is 22.6 Å². The highest BCUT2D eigenvalue weighted by molar-refractivity contribution is 6.32. The summed E-state index contributed by atoms with van der Waals surface area (Å²) in [7, 11) is 0. The second-order valence-electron chi connectivity index (χ2n) is 3.07. The van der Waals surface area contributed by atoms with Gasteiger partial charge < -0.3 is 11.1 Å². The number of rotatable bonds is 3. The molecule has 1 aromatic rings. The minimum Gasteiger partial charge on any atom is -0.376 e. The molecular formula is C10H9ClN4O2. The minimum atomic E-state index is -0.908. The van der Waals surface area contributed by atoms with Crippen LogP contribution in [-0.4, -0.2) is 18.5 Å². The number of imide groups is 1. The molecule has 6 nitrogen and oxygen atoms in total. The summed E-state index contributed by atoms with van der Waals surface area (Å²) in [5.74, 6) is -0.557. The molecule has 0 unspecified atom stereocenters. The van der Waals surface area contributed by atoms with Crippen LogP contribution in [-0.2, 0) is 4.79 Å². The fourth-order valence-electron chi connectivity index (χ4n) is 1.08. The molecule has 0 aliphatic rings. The number of nitrogens with one attached hydrogen (secondary N) is 2. The van der Waals surface area contributed by atoms with Gasteiger partial charge in [-0.1, -0.05) is 11.6 Å². The Bertz CT molecular complexity index is 496. The Morgan fingerprint density at radius 2 is 2.18 bits per heavy atom. The van der Waals surface area contributed by atoms with Crippen molar-refractivity contribution >= 4 is 29.2 Å². The molecule has 0 aliphatic carbocycles. The first-order chi connectivity index (χ1) is 8.02. The molecule has 0 radical (unpaired) electrons. The second kappa shape index (κ2) is 5.72. The summed E-state index contributed by atoms with van der Waals surface area (Å²) in [6, 6.07) is 5.64. The number of hydrogen-bond donors (Lipinski definition) is 3. The van der Waals surface area contributed by atoms with Gasteiger partial charge in [0.15, 0.2) is 0 Å². The highest BCUT2D eigenvalue weighted by Crippen LogP contribution is 2.19. The maximum atomic E-state index is 11.1. The highest BCUT2D eigenvalue weighted by Gasteiger charge is 2.05. The lowest BCUT2D eigenvalue weighted by atomic mass is 10.2. The van der Waals surface area contributed by atoms with Crippen LogP contribution in [0.15, 0.2) is 18.2 Å². The van der Waals surface area contributed by atoms with E-state index in [9.17, 15) is 9.59 Å². The number of halogens is 1. The molecule has 0 fully saturated rings. The van der Waals surface area contributed by atoms with Crippen LogP contribution in [0, 0.1) is 11.3 Å². The lowest BCUT2D eigenvalue weighted by molar-refractivity contribution is -0.118. The van der Waals surface area contributed by atoms with Crippen molar-refractivity contribution in [2.75, 3.05) is 11.9 Å². The van der Waals surface area contributed by atoms with E-state index in [1.165, 1.54) is 12.1 Å². The third-order valence-electron chi connectivity index (χ3n) is 1.81. The number of nitriles is 1. The molecule has 0 saturated carbocycles. The van der Waals surface area contributed by atoms with Crippen molar-refractivity contribution in [1.82, 2.24) is 5.32 Å². The van der Waals surface area contributed by atoms with Crippen LogP contribution in [0.1, 0.15) is 5.56 Å². The fraction of sp³-hybridized carbons (Fsp3) is 0.100. The number of primary amides is 1. The zero-order valence-electron chi connectivity index (χ0n) is 8.66. The number of carbonyl (C=O) groups excluding carboxylic acids is 2. The number of amides is 3. The van der Waals surface area contributed by atoms with E-state index >= 15 is 0 Å². The van der Waals surface area contributed by atoms with Gasteiger partial charge in [0.1, 0.15) is 6.07 Å². The van der Waals surface area contributed by atoms with Crippen molar-refractivity contribution in [3.05, 3.63) is 28.8 Å². The largest absolute Gasteiger partial charge is 0.376 e. The molecule has 4 N–H and O–H groups in total. The first-order valence-electron chi connectivity index (χ1n) is 4.55. The smallest absolute Gasteiger partial charge is 0.318 e. The van der Waals surface area contributed by atoms with Gasteiger partial charge in [-0.05, 0) is 18.2 Å². The van der Waals surface area contributed by atoms with E-state index < -0.39 is 11.9 Å². The summed E-state index contributed by atoms with van der Waals surface area (Å²) in [5, 5.41) is 13.6. The second-order valence-corrected chi connectivity index (χ2v) is 3.48. The third-order valence-corrected chi connectivity index (χ3v) is 2.12. The Balaban J connectivity index is 2.59.